The summed E-state index contributed by atoms with van der Waals surface area (Å²) in [4.78, 5) is 43.1. The summed E-state index contributed by atoms with van der Waals surface area (Å²) < 4.78 is 1.72. The van der Waals surface area contributed by atoms with Crippen LogP contribution < -0.4 is 5.56 Å². The first kappa shape index (κ1) is 21.1. The Morgan fingerprint density at radius 3 is 2.52 bits per heavy atom. The number of carboxylic acids is 1. The number of hydrogen-bond acceptors (Lipinski definition) is 7. The molecule has 1 aliphatic rings. The number of non-ortho nitro benzene ring substituents is 1. The summed E-state index contributed by atoms with van der Waals surface area (Å²) in [6, 6.07) is 6.17. The summed E-state index contributed by atoms with van der Waals surface area (Å²) in [5, 5.41) is 20.8. The van der Waals surface area contributed by atoms with Gasteiger partial charge < -0.3 is 10.0 Å². The highest BCUT2D eigenvalue weighted by atomic mass is 32.1. The summed E-state index contributed by atoms with van der Waals surface area (Å²) >= 11 is 1.01. The molecule has 10 heteroatoms. The summed E-state index contributed by atoms with van der Waals surface area (Å²) in [5.41, 5.74) is 1.04. The van der Waals surface area contributed by atoms with Crippen molar-refractivity contribution in [3.8, 4) is 0 Å². The molecule has 0 aliphatic carbocycles. The fraction of sp³-hybridized carbons (Fsp3) is 0.381. The minimum absolute atomic E-state index is 0.000138. The second kappa shape index (κ2) is 8.20. The molecule has 3 heterocycles. The van der Waals surface area contributed by atoms with Gasteiger partial charge in [0.05, 0.1) is 10.3 Å². The lowest BCUT2D eigenvalue weighted by atomic mass is 10.0. The zero-order valence-electron chi connectivity index (χ0n) is 17.2. The van der Waals surface area contributed by atoms with Crippen LogP contribution in [0.3, 0.4) is 0 Å². The average Bonchev–Trinajstić information content (AvgIpc) is 3.06. The van der Waals surface area contributed by atoms with Crippen LogP contribution in [0.1, 0.15) is 45.5 Å². The Morgan fingerprint density at radius 1 is 1.29 bits per heavy atom. The number of nitro benzene ring substituents is 1. The third-order valence-corrected chi connectivity index (χ3v) is 7.00. The van der Waals surface area contributed by atoms with Crippen molar-refractivity contribution in [3.63, 3.8) is 0 Å². The predicted molar refractivity (Wildman–Crippen MR) is 117 cm³/mol. The number of aromatic carboxylic acids is 1. The van der Waals surface area contributed by atoms with Crippen molar-refractivity contribution in [1.82, 2.24) is 14.5 Å². The van der Waals surface area contributed by atoms with Gasteiger partial charge in [0.15, 0.2) is 0 Å². The lowest BCUT2D eigenvalue weighted by Gasteiger charge is -2.31. The highest BCUT2D eigenvalue weighted by Gasteiger charge is 2.26. The monoisotopic (exact) mass is 442 g/mol. The number of nitrogens with zero attached hydrogens (tertiary/aromatic N) is 4. The van der Waals surface area contributed by atoms with E-state index in [4.69, 9.17) is 4.98 Å². The maximum absolute atomic E-state index is 13.6. The number of aryl methyl sites for hydroxylation is 1. The quantitative estimate of drug-likeness (QED) is 0.476. The third-order valence-electron chi connectivity index (χ3n) is 5.83. The van der Waals surface area contributed by atoms with Gasteiger partial charge in [0.25, 0.3) is 11.2 Å². The van der Waals surface area contributed by atoms with E-state index >= 15 is 0 Å². The minimum Gasteiger partial charge on any atom is -0.477 e. The van der Waals surface area contributed by atoms with Crippen LogP contribution >= 0.6 is 11.3 Å². The Morgan fingerprint density at radius 2 is 1.94 bits per heavy atom. The fourth-order valence-corrected chi connectivity index (χ4v) is 5.14. The van der Waals surface area contributed by atoms with Crippen molar-refractivity contribution < 1.29 is 14.8 Å². The van der Waals surface area contributed by atoms with E-state index in [0.717, 1.165) is 42.8 Å². The van der Waals surface area contributed by atoms with Gasteiger partial charge in [-0.1, -0.05) is 12.1 Å². The van der Waals surface area contributed by atoms with Gasteiger partial charge in [-0.15, -0.1) is 11.3 Å². The Balaban J connectivity index is 1.85. The summed E-state index contributed by atoms with van der Waals surface area (Å²) in [7, 11) is 2.04. The van der Waals surface area contributed by atoms with Crippen LogP contribution in [0.4, 0.5) is 5.69 Å². The fourth-order valence-electron chi connectivity index (χ4n) is 4.11. The molecular formula is C21H22N4O5S. The van der Waals surface area contributed by atoms with Crippen LogP contribution in [0.25, 0.3) is 10.2 Å². The molecule has 162 valence electrons. The minimum atomic E-state index is -1.07. The van der Waals surface area contributed by atoms with Crippen LogP contribution in [-0.4, -0.2) is 50.6 Å². The van der Waals surface area contributed by atoms with Gasteiger partial charge in [-0.3, -0.25) is 19.5 Å². The van der Waals surface area contributed by atoms with Gasteiger partial charge in [0.1, 0.15) is 15.5 Å². The van der Waals surface area contributed by atoms with Crippen LogP contribution in [0.15, 0.2) is 29.1 Å². The molecule has 2 aromatic heterocycles. The van der Waals surface area contributed by atoms with E-state index in [1.807, 2.05) is 7.05 Å². The average molecular weight is 442 g/mol. The van der Waals surface area contributed by atoms with E-state index in [9.17, 15) is 24.8 Å². The van der Waals surface area contributed by atoms with Crippen LogP contribution in [0.2, 0.25) is 0 Å². The van der Waals surface area contributed by atoms with Crippen LogP contribution in [-0.2, 0) is 6.42 Å². The molecular weight excluding hydrogens is 420 g/mol. The molecule has 0 spiro atoms. The van der Waals surface area contributed by atoms with Crippen LogP contribution in [0.5, 0.6) is 0 Å². The highest BCUT2D eigenvalue weighted by molar-refractivity contribution is 7.20. The number of thiophene rings is 1. The SMILES string of the molecule is Cc1c(C(=O)O)sc2nc(Cc3ccc([N+](=O)[O-])cc3)n(C3CCN(C)CC3)c(=O)c12. The summed E-state index contributed by atoms with van der Waals surface area (Å²) in [6.45, 7) is 3.37. The van der Waals surface area contributed by atoms with Crippen molar-refractivity contribution in [1.29, 1.82) is 0 Å². The number of carbonyl (C=O) groups is 1. The topological polar surface area (TPSA) is 119 Å². The maximum Gasteiger partial charge on any atom is 0.346 e. The molecule has 1 aliphatic heterocycles. The molecule has 1 saturated heterocycles. The van der Waals surface area contributed by atoms with E-state index in [2.05, 4.69) is 4.90 Å². The van der Waals surface area contributed by atoms with Gasteiger partial charge in [-0.05, 0) is 51.0 Å². The predicted octanol–water partition coefficient (Wildman–Crippen LogP) is 3.23. The number of rotatable bonds is 5. The van der Waals surface area contributed by atoms with E-state index in [-0.39, 0.29) is 22.2 Å². The highest BCUT2D eigenvalue weighted by Crippen LogP contribution is 2.30. The molecule has 0 bridgehead atoms. The molecule has 0 unspecified atom stereocenters. The zero-order chi connectivity index (χ0) is 22.3. The van der Waals surface area contributed by atoms with Gasteiger partial charge in [0.2, 0.25) is 0 Å². The van der Waals surface area contributed by atoms with E-state index in [1.54, 1.807) is 23.6 Å². The van der Waals surface area contributed by atoms with E-state index < -0.39 is 10.9 Å². The standard InChI is InChI=1S/C21H22N4O5S/c1-12-17-19(31-18(12)21(27)28)22-16(11-13-3-5-15(6-4-13)25(29)30)24(20(17)26)14-7-9-23(2)10-8-14/h3-6,14H,7-11H2,1-2H3,(H,27,28). The lowest BCUT2D eigenvalue weighted by molar-refractivity contribution is -0.384. The lowest BCUT2D eigenvalue weighted by Crippen LogP contribution is -2.37. The zero-order valence-corrected chi connectivity index (χ0v) is 18.0. The molecule has 0 atom stereocenters. The third kappa shape index (κ3) is 3.96. The number of benzene rings is 1. The van der Waals surface area contributed by atoms with Gasteiger partial charge in [-0.25, -0.2) is 9.78 Å². The maximum atomic E-state index is 13.6. The number of fused-ring (bicyclic) bond motifs is 1. The van der Waals surface area contributed by atoms with Gasteiger partial charge in [0, 0.05) is 24.6 Å². The van der Waals surface area contributed by atoms with Crippen molar-refractivity contribution in [2.45, 2.75) is 32.2 Å². The molecule has 4 rings (SSSR count). The molecule has 0 radical (unpaired) electrons. The van der Waals surface area contributed by atoms with Crippen molar-refractivity contribution in [3.05, 3.63) is 66.6 Å². The number of hydrogen-bond donors (Lipinski definition) is 1. The molecule has 3 aromatic rings. The summed E-state index contributed by atoms with van der Waals surface area (Å²) in [6.07, 6.45) is 1.92. The van der Waals surface area contributed by atoms with Crippen molar-refractivity contribution >= 4 is 33.2 Å². The molecule has 0 amide bonds. The van der Waals surface area contributed by atoms with Gasteiger partial charge >= 0.3 is 5.97 Å². The second-order valence-corrected chi connectivity index (χ2v) is 8.88. The molecule has 9 nitrogen and oxygen atoms in total. The Bertz CT molecular complexity index is 1220. The first-order valence-corrected chi connectivity index (χ1v) is 10.8. The Kier molecular flexibility index (Phi) is 5.59. The Labute approximate surface area is 181 Å². The number of likely N-dealkylation sites (tertiary alicyclic amines) is 1. The molecule has 1 aromatic carbocycles. The van der Waals surface area contributed by atoms with Gasteiger partial charge in [-0.2, -0.15) is 0 Å². The normalized spacial score (nSPS) is 15.4. The van der Waals surface area contributed by atoms with E-state index in [0.29, 0.717) is 28.0 Å². The molecule has 1 fully saturated rings. The number of carboxylic acid groups (broad SMARTS) is 1. The van der Waals surface area contributed by atoms with Crippen molar-refractivity contribution in [2.24, 2.45) is 0 Å². The Hall–Kier alpha value is -3.11. The largest absolute Gasteiger partial charge is 0.477 e. The number of nitro groups is 1. The molecule has 1 N–H and O–H groups in total. The first-order chi connectivity index (χ1) is 14.8. The summed E-state index contributed by atoms with van der Waals surface area (Å²) in [5.74, 6) is -0.512. The van der Waals surface area contributed by atoms with Crippen molar-refractivity contribution in [2.75, 3.05) is 20.1 Å². The second-order valence-electron chi connectivity index (χ2n) is 7.88. The first-order valence-electron chi connectivity index (χ1n) is 9.96. The van der Waals surface area contributed by atoms with Crippen LogP contribution in [0, 0.1) is 17.0 Å². The van der Waals surface area contributed by atoms with E-state index in [1.165, 1.54) is 12.1 Å². The number of piperidine rings is 1. The molecule has 31 heavy (non-hydrogen) atoms. The number of aromatic nitrogens is 2. The molecule has 0 saturated carbocycles. The smallest absolute Gasteiger partial charge is 0.346 e.